The van der Waals surface area contributed by atoms with Gasteiger partial charge in [-0.2, -0.15) is 0 Å². The minimum Gasteiger partial charge on any atom is -0.343 e. The zero-order chi connectivity index (χ0) is 11.3. The lowest BCUT2D eigenvalue weighted by Crippen LogP contribution is -2.42. The second kappa shape index (κ2) is 6.11. The molecule has 1 saturated carbocycles. The first kappa shape index (κ1) is 12.5. The number of nitrogens with one attached hydrogen (secondary N) is 1. The lowest BCUT2D eigenvalue weighted by molar-refractivity contribution is -0.130. The Morgan fingerprint density at radius 1 is 1.33 bits per heavy atom. The van der Waals surface area contributed by atoms with Crippen molar-refractivity contribution in [1.82, 2.24) is 10.2 Å². The van der Waals surface area contributed by atoms with Gasteiger partial charge < -0.3 is 10.2 Å². The zero-order valence-electron chi connectivity index (χ0n) is 10.3. The van der Waals surface area contributed by atoms with Gasteiger partial charge in [-0.3, -0.25) is 4.79 Å². The second-order valence-electron chi connectivity index (χ2n) is 4.54. The molecule has 3 heteroatoms. The van der Waals surface area contributed by atoms with Crippen LogP contribution in [-0.2, 0) is 4.79 Å². The molecule has 0 bridgehead atoms. The number of rotatable bonds is 6. The van der Waals surface area contributed by atoms with E-state index in [4.69, 9.17) is 0 Å². The minimum atomic E-state index is 0.278. The highest BCUT2D eigenvalue weighted by atomic mass is 16.2. The van der Waals surface area contributed by atoms with Crippen molar-refractivity contribution in [3.8, 4) is 0 Å². The molecule has 3 nitrogen and oxygen atoms in total. The number of carbonyl (C=O) groups is 1. The average molecular weight is 212 g/mol. The molecule has 1 amide bonds. The van der Waals surface area contributed by atoms with Crippen LogP contribution in [-0.4, -0.2) is 36.5 Å². The molecule has 0 aromatic rings. The molecule has 0 heterocycles. The van der Waals surface area contributed by atoms with E-state index in [2.05, 4.69) is 12.2 Å². The molecule has 1 rings (SSSR count). The summed E-state index contributed by atoms with van der Waals surface area (Å²) < 4.78 is 0. The lowest BCUT2D eigenvalue weighted by Gasteiger charge is -2.33. The maximum atomic E-state index is 11.6. The molecule has 1 aliphatic carbocycles. The SMILES string of the molecule is CCN(CC)C(=O)CCNC1CC(C)C1. The van der Waals surface area contributed by atoms with Gasteiger partial charge in [-0.25, -0.2) is 0 Å². The predicted octanol–water partition coefficient (Wildman–Crippen LogP) is 1.63. The molecule has 0 aromatic heterocycles. The number of hydrogen-bond acceptors (Lipinski definition) is 2. The molecular weight excluding hydrogens is 188 g/mol. The van der Waals surface area contributed by atoms with Gasteiger partial charge in [0.2, 0.25) is 5.91 Å². The van der Waals surface area contributed by atoms with Crippen LogP contribution in [0.4, 0.5) is 0 Å². The second-order valence-corrected chi connectivity index (χ2v) is 4.54. The number of carbonyl (C=O) groups excluding carboxylic acids is 1. The standard InChI is InChI=1S/C12H24N2O/c1-4-14(5-2)12(15)6-7-13-11-8-10(3)9-11/h10-11,13H,4-9H2,1-3H3. The van der Waals surface area contributed by atoms with Gasteiger partial charge in [-0.15, -0.1) is 0 Å². The molecule has 1 fully saturated rings. The van der Waals surface area contributed by atoms with Crippen LogP contribution in [0.25, 0.3) is 0 Å². The Kier molecular flexibility index (Phi) is 5.09. The molecule has 15 heavy (non-hydrogen) atoms. The highest BCUT2D eigenvalue weighted by Crippen LogP contribution is 2.25. The normalized spacial score (nSPS) is 24.7. The Bertz CT molecular complexity index is 196. The smallest absolute Gasteiger partial charge is 0.223 e. The van der Waals surface area contributed by atoms with Gasteiger partial charge in [-0.05, 0) is 32.6 Å². The summed E-state index contributed by atoms with van der Waals surface area (Å²) >= 11 is 0. The summed E-state index contributed by atoms with van der Waals surface area (Å²) in [6.07, 6.45) is 3.20. The van der Waals surface area contributed by atoms with Crippen molar-refractivity contribution in [3.63, 3.8) is 0 Å². The fourth-order valence-electron chi connectivity index (χ4n) is 2.19. The van der Waals surface area contributed by atoms with Crippen molar-refractivity contribution in [2.45, 2.75) is 46.1 Å². The molecule has 1 aliphatic rings. The third kappa shape index (κ3) is 3.82. The maximum absolute atomic E-state index is 11.6. The van der Waals surface area contributed by atoms with Crippen LogP contribution in [0, 0.1) is 5.92 Å². The van der Waals surface area contributed by atoms with Gasteiger partial charge >= 0.3 is 0 Å². The summed E-state index contributed by atoms with van der Waals surface area (Å²) in [6, 6.07) is 0.671. The summed E-state index contributed by atoms with van der Waals surface area (Å²) in [4.78, 5) is 13.5. The first-order chi connectivity index (χ1) is 7.17. The highest BCUT2D eigenvalue weighted by molar-refractivity contribution is 5.76. The number of hydrogen-bond donors (Lipinski definition) is 1. The molecule has 1 N–H and O–H groups in total. The monoisotopic (exact) mass is 212 g/mol. The van der Waals surface area contributed by atoms with Crippen LogP contribution < -0.4 is 5.32 Å². The van der Waals surface area contributed by atoms with Crippen LogP contribution >= 0.6 is 0 Å². The summed E-state index contributed by atoms with van der Waals surface area (Å²) in [5, 5.41) is 3.44. The van der Waals surface area contributed by atoms with Crippen LogP contribution in [0.15, 0.2) is 0 Å². The summed E-state index contributed by atoms with van der Waals surface area (Å²) in [5.74, 6) is 1.15. The Labute approximate surface area is 93.2 Å². The third-order valence-corrected chi connectivity index (χ3v) is 3.26. The lowest BCUT2D eigenvalue weighted by atomic mass is 9.82. The largest absolute Gasteiger partial charge is 0.343 e. The quantitative estimate of drug-likeness (QED) is 0.726. The first-order valence-corrected chi connectivity index (χ1v) is 6.18. The first-order valence-electron chi connectivity index (χ1n) is 6.18. The zero-order valence-corrected chi connectivity index (χ0v) is 10.3. The third-order valence-electron chi connectivity index (χ3n) is 3.26. The van der Waals surface area contributed by atoms with Crippen molar-refractivity contribution in [3.05, 3.63) is 0 Å². The molecule has 0 spiro atoms. The molecule has 0 saturated heterocycles. The summed E-state index contributed by atoms with van der Waals surface area (Å²) in [6.45, 7) is 8.84. The van der Waals surface area contributed by atoms with Gasteiger partial charge in [0.25, 0.3) is 0 Å². The number of nitrogens with zero attached hydrogens (tertiary/aromatic N) is 1. The molecule has 0 aliphatic heterocycles. The van der Waals surface area contributed by atoms with E-state index in [9.17, 15) is 4.79 Å². The van der Waals surface area contributed by atoms with Crippen molar-refractivity contribution < 1.29 is 4.79 Å². The maximum Gasteiger partial charge on any atom is 0.223 e. The topological polar surface area (TPSA) is 32.3 Å². The molecule has 0 aromatic carbocycles. The van der Waals surface area contributed by atoms with Gasteiger partial charge in [0.15, 0.2) is 0 Å². The van der Waals surface area contributed by atoms with E-state index in [-0.39, 0.29) is 5.91 Å². The van der Waals surface area contributed by atoms with Gasteiger partial charge in [-0.1, -0.05) is 6.92 Å². The van der Waals surface area contributed by atoms with Crippen LogP contribution in [0.2, 0.25) is 0 Å². The van der Waals surface area contributed by atoms with E-state index < -0.39 is 0 Å². The Morgan fingerprint density at radius 3 is 2.40 bits per heavy atom. The van der Waals surface area contributed by atoms with Crippen LogP contribution in [0.5, 0.6) is 0 Å². The van der Waals surface area contributed by atoms with Crippen LogP contribution in [0.3, 0.4) is 0 Å². The van der Waals surface area contributed by atoms with E-state index in [1.807, 2.05) is 18.7 Å². The predicted molar refractivity (Wildman–Crippen MR) is 62.7 cm³/mol. The molecule has 0 atom stereocenters. The molecule has 88 valence electrons. The fraction of sp³-hybridized carbons (Fsp3) is 0.917. The van der Waals surface area contributed by atoms with Crippen molar-refractivity contribution in [1.29, 1.82) is 0 Å². The average Bonchev–Trinajstić information content (AvgIpc) is 2.17. The Morgan fingerprint density at radius 2 is 1.93 bits per heavy atom. The Hall–Kier alpha value is -0.570. The number of amides is 1. The van der Waals surface area contributed by atoms with E-state index in [0.29, 0.717) is 12.5 Å². The van der Waals surface area contributed by atoms with Gasteiger partial charge in [0.1, 0.15) is 0 Å². The van der Waals surface area contributed by atoms with E-state index in [0.717, 1.165) is 25.6 Å². The van der Waals surface area contributed by atoms with Crippen molar-refractivity contribution in [2.75, 3.05) is 19.6 Å². The van der Waals surface area contributed by atoms with Crippen molar-refractivity contribution >= 4 is 5.91 Å². The van der Waals surface area contributed by atoms with Gasteiger partial charge in [0, 0.05) is 32.1 Å². The van der Waals surface area contributed by atoms with E-state index in [1.165, 1.54) is 12.8 Å². The van der Waals surface area contributed by atoms with E-state index in [1.54, 1.807) is 0 Å². The van der Waals surface area contributed by atoms with Crippen LogP contribution in [0.1, 0.15) is 40.0 Å². The Balaban J connectivity index is 2.06. The molecular formula is C12H24N2O. The molecule has 0 radical (unpaired) electrons. The summed E-state index contributed by atoms with van der Waals surface area (Å²) in [5.41, 5.74) is 0. The summed E-state index contributed by atoms with van der Waals surface area (Å²) in [7, 11) is 0. The fourth-order valence-corrected chi connectivity index (χ4v) is 2.19. The minimum absolute atomic E-state index is 0.278. The molecule has 0 unspecified atom stereocenters. The van der Waals surface area contributed by atoms with E-state index >= 15 is 0 Å². The van der Waals surface area contributed by atoms with Crippen molar-refractivity contribution in [2.24, 2.45) is 5.92 Å². The highest BCUT2D eigenvalue weighted by Gasteiger charge is 2.24. The van der Waals surface area contributed by atoms with Gasteiger partial charge in [0.05, 0.1) is 0 Å².